The molecular formula is C13H10Cl2IN3. The Morgan fingerprint density at radius 1 is 1.21 bits per heavy atom. The molecule has 98 valence electrons. The zero-order valence-electron chi connectivity index (χ0n) is 9.83. The highest BCUT2D eigenvalue weighted by Gasteiger charge is 2.29. The van der Waals surface area contributed by atoms with E-state index in [0.717, 1.165) is 27.7 Å². The number of hydrogen-bond donors (Lipinski definition) is 1. The van der Waals surface area contributed by atoms with Crippen molar-refractivity contribution in [1.29, 1.82) is 0 Å². The summed E-state index contributed by atoms with van der Waals surface area (Å²) in [5.74, 6) is 1.56. The molecule has 1 aliphatic rings. The molecular weight excluding hydrogens is 396 g/mol. The zero-order valence-corrected chi connectivity index (χ0v) is 13.5. The van der Waals surface area contributed by atoms with E-state index < -0.39 is 0 Å². The maximum atomic E-state index is 6.21. The van der Waals surface area contributed by atoms with Gasteiger partial charge in [0.25, 0.3) is 0 Å². The standard InChI is InChI=1S/C13H10Cl2IN3/c14-8-3-1-2-7(9(8)15)13-18-11(6-4-5-6)10(16)12(17)19-13/h1-3,6H,4-5H2,(H2,17,18,19). The van der Waals surface area contributed by atoms with E-state index >= 15 is 0 Å². The van der Waals surface area contributed by atoms with E-state index in [2.05, 4.69) is 32.6 Å². The van der Waals surface area contributed by atoms with Gasteiger partial charge in [0, 0.05) is 11.5 Å². The molecule has 2 aromatic rings. The summed E-state index contributed by atoms with van der Waals surface area (Å²) in [6, 6.07) is 5.43. The van der Waals surface area contributed by atoms with Crippen LogP contribution in [0.5, 0.6) is 0 Å². The van der Waals surface area contributed by atoms with Gasteiger partial charge in [-0.25, -0.2) is 9.97 Å². The van der Waals surface area contributed by atoms with Crippen LogP contribution in [0.25, 0.3) is 11.4 Å². The third kappa shape index (κ3) is 2.53. The monoisotopic (exact) mass is 405 g/mol. The van der Waals surface area contributed by atoms with E-state index in [-0.39, 0.29) is 0 Å². The minimum Gasteiger partial charge on any atom is -0.383 e. The van der Waals surface area contributed by atoms with Crippen molar-refractivity contribution in [2.45, 2.75) is 18.8 Å². The SMILES string of the molecule is Nc1nc(-c2cccc(Cl)c2Cl)nc(C2CC2)c1I. The predicted molar refractivity (Wildman–Crippen MR) is 86.6 cm³/mol. The smallest absolute Gasteiger partial charge is 0.163 e. The summed E-state index contributed by atoms with van der Waals surface area (Å²) < 4.78 is 0.946. The molecule has 0 amide bonds. The van der Waals surface area contributed by atoms with Crippen LogP contribution in [0, 0.1) is 3.57 Å². The van der Waals surface area contributed by atoms with E-state index in [9.17, 15) is 0 Å². The predicted octanol–water partition coefficient (Wildman–Crippen LogP) is 4.51. The Hall–Kier alpha value is -0.590. The molecule has 0 atom stereocenters. The van der Waals surface area contributed by atoms with Crippen molar-refractivity contribution in [3.05, 3.63) is 37.5 Å². The van der Waals surface area contributed by atoms with Crippen molar-refractivity contribution >= 4 is 51.6 Å². The number of aromatic nitrogens is 2. The largest absolute Gasteiger partial charge is 0.383 e. The lowest BCUT2D eigenvalue weighted by atomic mass is 10.2. The molecule has 3 rings (SSSR count). The van der Waals surface area contributed by atoms with E-state index in [4.69, 9.17) is 28.9 Å². The minimum atomic E-state index is 0.464. The number of nitrogen functional groups attached to an aromatic ring is 1. The van der Waals surface area contributed by atoms with Gasteiger partial charge in [-0.1, -0.05) is 29.3 Å². The molecule has 0 aliphatic heterocycles. The van der Waals surface area contributed by atoms with Crippen LogP contribution < -0.4 is 5.73 Å². The fraction of sp³-hybridized carbons (Fsp3) is 0.231. The Bertz CT molecular complexity index is 657. The summed E-state index contributed by atoms with van der Waals surface area (Å²) in [5.41, 5.74) is 7.73. The summed E-state index contributed by atoms with van der Waals surface area (Å²) in [7, 11) is 0. The van der Waals surface area contributed by atoms with Gasteiger partial charge in [0.05, 0.1) is 19.3 Å². The molecule has 0 radical (unpaired) electrons. The molecule has 0 unspecified atom stereocenters. The van der Waals surface area contributed by atoms with Gasteiger partial charge in [-0.05, 0) is 47.6 Å². The van der Waals surface area contributed by atoms with E-state index in [1.165, 1.54) is 0 Å². The van der Waals surface area contributed by atoms with Crippen LogP contribution in [0.2, 0.25) is 10.0 Å². The molecule has 0 saturated heterocycles. The number of nitrogens with two attached hydrogens (primary N) is 1. The van der Waals surface area contributed by atoms with Gasteiger partial charge < -0.3 is 5.73 Å². The van der Waals surface area contributed by atoms with Gasteiger partial charge in [0.2, 0.25) is 0 Å². The van der Waals surface area contributed by atoms with Crippen LogP contribution in [0.1, 0.15) is 24.5 Å². The fourth-order valence-corrected chi connectivity index (χ4v) is 2.97. The number of rotatable bonds is 2. The topological polar surface area (TPSA) is 51.8 Å². The second-order valence-corrected chi connectivity index (χ2v) is 6.37. The second kappa shape index (κ2) is 5.07. The molecule has 1 aliphatic carbocycles. The van der Waals surface area contributed by atoms with Crippen molar-refractivity contribution in [2.75, 3.05) is 5.73 Å². The van der Waals surface area contributed by atoms with Gasteiger partial charge in [0.1, 0.15) is 5.82 Å². The van der Waals surface area contributed by atoms with Gasteiger partial charge in [0.15, 0.2) is 5.82 Å². The summed E-state index contributed by atoms with van der Waals surface area (Å²) in [4.78, 5) is 8.96. The maximum absolute atomic E-state index is 6.21. The average molecular weight is 406 g/mol. The van der Waals surface area contributed by atoms with E-state index in [0.29, 0.717) is 27.6 Å². The number of hydrogen-bond acceptors (Lipinski definition) is 3. The van der Waals surface area contributed by atoms with Crippen molar-refractivity contribution in [2.24, 2.45) is 0 Å². The lowest BCUT2D eigenvalue weighted by molar-refractivity contribution is 0.983. The fourth-order valence-electron chi connectivity index (χ4n) is 1.91. The van der Waals surface area contributed by atoms with Crippen molar-refractivity contribution in [3.63, 3.8) is 0 Å². The second-order valence-electron chi connectivity index (χ2n) is 4.51. The highest BCUT2D eigenvalue weighted by Crippen LogP contribution is 2.43. The van der Waals surface area contributed by atoms with Crippen LogP contribution >= 0.6 is 45.8 Å². The van der Waals surface area contributed by atoms with Crippen LogP contribution in [-0.4, -0.2) is 9.97 Å². The highest BCUT2D eigenvalue weighted by atomic mass is 127. The summed E-state index contributed by atoms with van der Waals surface area (Å²) in [6.07, 6.45) is 2.32. The third-order valence-corrected chi connectivity index (χ3v) is 4.98. The first kappa shape index (κ1) is 13.4. The number of benzene rings is 1. The number of nitrogens with zero attached hydrogens (tertiary/aromatic N) is 2. The van der Waals surface area contributed by atoms with Crippen molar-refractivity contribution < 1.29 is 0 Å². The van der Waals surface area contributed by atoms with Crippen molar-refractivity contribution in [1.82, 2.24) is 9.97 Å². The highest BCUT2D eigenvalue weighted by molar-refractivity contribution is 14.1. The lowest BCUT2D eigenvalue weighted by Crippen LogP contribution is -2.04. The summed E-state index contributed by atoms with van der Waals surface area (Å²) >= 11 is 14.4. The van der Waals surface area contributed by atoms with Gasteiger partial charge in [-0.15, -0.1) is 0 Å². The van der Waals surface area contributed by atoms with Crippen LogP contribution in [0.3, 0.4) is 0 Å². The molecule has 0 spiro atoms. The molecule has 3 nitrogen and oxygen atoms in total. The summed E-state index contributed by atoms with van der Waals surface area (Å²) in [6.45, 7) is 0. The van der Waals surface area contributed by atoms with Crippen LogP contribution in [-0.2, 0) is 0 Å². The van der Waals surface area contributed by atoms with Gasteiger partial charge in [-0.3, -0.25) is 0 Å². The van der Waals surface area contributed by atoms with Crippen LogP contribution in [0.4, 0.5) is 5.82 Å². The Morgan fingerprint density at radius 3 is 2.63 bits per heavy atom. The zero-order chi connectivity index (χ0) is 13.6. The Balaban J connectivity index is 2.17. The molecule has 1 heterocycles. The van der Waals surface area contributed by atoms with Crippen molar-refractivity contribution in [3.8, 4) is 11.4 Å². The molecule has 1 fully saturated rings. The number of anilines is 1. The molecule has 1 aromatic carbocycles. The Morgan fingerprint density at radius 2 is 1.95 bits per heavy atom. The Kier molecular flexibility index (Phi) is 3.57. The van der Waals surface area contributed by atoms with E-state index in [1.54, 1.807) is 6.07 Å². The molecule has 19 heavy (non-hydrogen) atoms. The molecule has 0 bridgehead atoms. The third-order valence-electron chi connectivity index (χ3n) is 3.06. The first-order valence-electron chi connectivity index (χ1n) is 5.85. The molecule has 1 aromatic heterocycles. The first-order chi connectivity index (χ1) is 9.08. The molecule has 6 heteroatoms. The summed E-state index contributed by atoms with van der Waals surface area (Å²) in [5, 5.41) is 0.958. The average Bonchev–Trinajstić information content (AvgIpc) is 3.20. The molecule has 1 saturated carbocycles. The lowest BCUT2D eigenvalue weighted by Gasteiger charge is -2.10. The van der Waals surface area contributed by atoms with Crippen LogP contribution in [0.15, 0.2) is 18.2 Å². The van der Waals surface area contributed by atoms with E-state index in [1.807, 2.05) is 12.1 Å². The quantitative estimate of drug-likeness (QED) is 0.747. The number of halogens is 3. The Labute approximate surface area is 134 Å². The first-order valence-corrected chi connectivity index (χ1v) is 7.68. The normalized spacial score (nSPS) is 14.7. The maximum Gasteiger partial charge on any atom is 0.163 e. The minimum absolute atomic E-state index is 0.464. The van der Waals surface area contributed by atoms with Gasteiger partial charge in [-0.2, -0.15) is 0 Å². The molecule has 2 N–H and O–H groups in total. The van der Waals surface area contributed by atoms with Gasteiger partial charge >= 0.3 is 0 Å².